The molecule has 1 aliphatic rings. The third kappa shape index (κ3) is 4.31. The molecule has 2 aromatic rings. The number of carbonyl (C=O) groups excluding carboxylic acids is 1. The molecule has 0 radical (unpaired) electrons. The molecule has 0 aromatic heterocycles. The van der Waals surface area contributed by atoms with Crippen LogP contribution in [0.25, 0.3) is 0 Å². The lowest BCUT2D eigenvalue weighted by Gasteiger charge is -2.29. The Kier molecular flexibility index (Phi) is 5.56. The molecule has 3 rings (SSSR count). The Balaban J connectivity index is 1.48. The number of hydrogen-bond donors (Lipinski definition) is 1. The summed E-state index contributed by atoms with van der Waals surface area (Å²) in [5, 5.41) is 3.33. The van der Waals surface area contributed by atoms with Gasteiger partial charge in [0.1, 0.15) is 18.1 Å². The van der Waals surface area contributed by atoms with Gasteiger partial charge in [0.05, 0.1) is 19.7 Å². The van der Waals surface area contributed by atoms with Gasteiger partial charge in [0.25, 0.3) is 0 Å². The highest BCUT2D eigenvalue weighted by molar-refractivity contribution is 5.82. The van der Waals surface area contributed by atoms with E-state index in [1.165, 1.54) is 11.1 Å². The molecule has 0 spiro atoms. The molecular weight excluding hydrogens is 316 g/mol. The van der Waals surface area contributed by atoms with Gasteiger partial charge in [-0.1, -0.05) is 24.3 Å². The number of nitrogens with one attached hydrogen (secondary N) is 1. The van der Waals surface area contributed by atoms with Crippen molar-refractivity contribution in [1.82, 2.24) is 10.2 Å². The average Bonchev–Trinajstić information content (AvgIpc) is 2.67. The van der Waals surface area contributed by atoms with Crippen molar-refractivity contribution in [2.75, 3.05) is 27.3 Å². The molecule has 2 aromatic carbocycles. The molecule has 5 nitrogen and oxygen atoms in total. The van der Waals surface area contributed by atoms with Gasteiger partial charge in [0.15, 0.2) is 0 Å². The smallest absolute Gasteiger partial charge is 0.239 e. The maximum atomic E-state index is 12.6. The number of nitrogens with zero attached hydrogens (tertiary/aromatic N) is 1. The molecule has 1 aliphatic heterocycles. The molecule has 0 aliphatic carbocycles. The van der Waals surface area contributed by atoms with Crippen LogP contribution in [0.5, 0.6) is 11.5 Å². The SMILES string of the molecule is COc1ccc(OCCN(C)C(=O)C2Cc3ccccc3CN2)cc1. The maximum absolute atomic E-state index is 12.6. The fraction of sp³-hybridized carbons (Fsp3) is 0.350. The summed E-state index contributed by atoms with van der Waals surface area (Å²) in [7, 11) is 3.45. The lowest BCUT2D eigenvalue weighted by molar-refractivity contribution is -0.132. The maximum Gasteiger partial charge on any atom is 0.239 e. The number of hydrogen-bond acceptors (Lipinski definition) is 4. The van der Waals surface area contributed by atoms with E-state index in [-0.39, 0.29) is 11.9 Å². The molecule has 132 valence electrons. The summed E-state index contributed by atoms with van der Waals surface area (Å²) in [6, 6.07) is 15.5. The monoisotopic (exact) mass is 340 g/mol. The average molecular weight is 340 g/mol. The van der Waals surface area contributed by atoms with Gasteiger partial charge < -0.3 is 19.7 Å². The predicted octanol–water partition coefficient (Wildman–Crippen LogP) is 2.25. The number of methoxy groups -OCH3 is 1. The van der Waals surface area contributed by atoms with Gasteiger partial charge >= 0.3 is 0 Å². The molecule has 1 atom stereocenters. The van der Waals surface area contributed by atoms with Gasteiger partial charge in [0, 0.05) is 13.6 Å². The zero-order valence-electron chi connectivity index (χ0n) is 14.7. The van der Waals surface area contributed by atoms with E-state index in [0.29, 0.717) is 13.2 Å². The van der Waals surface area contributed by atoms with Crippen LogP contribution in [0.3, 0.4) is 0 Å². The third-order valence-electron chi connectivity index (χ3n) is 4.51. The molecule has 1 heterocycles. The van der Waals surface area contributed by atoms with Crippen LogP contribution >= 0.6 is 0 Å². The first-order chi connectivity index (χ1) is 12.2. The van der Waals surface area contributed by atoms with Crippen LogP contribution in [0, 0.1) is 0 Å². The summed E-state index contributed by atoms with van der Waals surface area (Å²) in [6.45, 7) is 1.74. The van der Waals surface area contributed by atoms with Crippen LogP contribution in [0.1, 0.15) is 11.1 Å². The number of rotatable bonds is 6. The Morgan fingerprint density at radius 1 is 1.12 bits per heavy atom. The van der Waals surface area contributed by atoms with E-state index in [9.17, 15) is 4.79 Å². The zero-order valence-corrected chi connectivity index (χ0v) is 14.7. The van der Waals surface area contributed by atoms with Crippen molar-refractivity contribution in [2.24, 2.45) is 0 Å². The number of benzene rings is 2. The topological polar surface area (TPSA) is 50.8 Å². The first-order valence-electron chi connectivity index (χ1n) is 8.49. The Morgan fingerprint density at radius 2 is 1.80 bits per heavy atom. The first-order valence-corrected chi connectivity index (χ1v) is 8.49. The van der Waals surface area contributed by atoms with Crippen molar-refractivity contribution < 1.29 is 14.3 Å². The first kappa shape index (κ1) is 17.3. The number of fused-ring (bicyclic) bond motifs is 1. The highest BCUT2D eigenvalue weighted by Crippen LogP contribution is 2.18. The molecule has 0 saturated carbocycles. The standard InChI is InChI=1S/C20H24N2O3/c1-22(11-12-25-18-9-7-17(24-2)8-10-18)20(23)19-13-15-5-3-4-6-16(15)14-21-19/h3-10,19,21H,11-14H2,1-2H3. The van der Waals surface area contributed by atoms with E-state index in [2.05, 4.69) is 17.4 Å². The molecule has 25 heavy (non-hydrogen) atoms. The van der Waals surface area contributed by atoms with Crippen molar-refractivity contribution in [3.8, 4) is 11.5 Å². The second-order valence-electron chi connectivity index (χ2n) is 6.19. The fourth-order valence-corrected chi connectivity index (χ4v) is 2.98. The van der Waals surface area contributed by atoms with Crippen molar-refractivity contribution in [3.63, 3.8) is 0 Å². The lowest BCUT2D eigenvalue weighted by atomic mass is 9.95. The molecule has 0 fully saturated rings. The van der Waals surface area contributed by atoms with Gasteiger partial charge in [-0.2, -0.15) is 0 Å². The summed E-state index contributed by atoms with van der Waals surface area (Å²) in [6.07, 6.45) is 0.735. The number of ether oxygens (including phenoxy) is 2. The highest BCUT2D eigenvalue weighted by Gasteiger charge is 2.26. The summed E-state index contributed by atoms with van der Waals surface area (Å²) in [5.41, 5.74) is 2.53. The molecule has 0 saturated heterocycles. The van der Waals surface area contributed by atoms with E-state index in [1.54, 1.807) is 12.0 Å². The summed E-state index contributed by atoms with van der Waals surface area (Å²) < 4.78 is 10.8. The lowest BCUT2D eigenvalue weighted by Crippen LogP contribution is -2.49. The Morgan fingerprint density at radius 3 is 2.52 bits per heavy atom. The quantitative estimate of drug-likeness (QED) is 0.876. The van der Waals surface area contributed by atoms with E-state index in [4.69, 9.17) is 9.47 Å². The van der Waals surface area contributed by atoms with Crippen molar-refractivity contribution in [2.45, 2.75) is 19.0 Å². The fourth-order valence-electron chi connectivity index (χ4n) is 2.98. The van der Waals surface area contributed by atoms with Gasteiger partial charge in [0.2, 0.25) is 5.91 Å². The Bertz CT molecular complexity index is 715. The van der Waals surface area contributed by atoms with Crippen LogP contribution in [0.4, 0.5) is 0 Å². The summed E-state index contributed by atoms with van der Waals surface area (Å²) >= 11 is 0. The van der Waals surface area contributed by atoms with Gasteiger partial charge in [-0.3, -0.25) is 4.79 Å². The number of carbonyl (C=O) groups is 1. The Labute approximate surface area is 148 Å². The second-order valence-corrected chi connectivity index (χ2v) is 6.19. The van der Waals surface area contributed by atoms with Crippen molar-refractivity contribution in [1.29, 1.82) is 0 Å². The summed E-state index contributed by atoms with van der Waals surface area (Å²) in [4.78, 5) is 14.4. The Hall–Kier alpha value is -2.53. The third-order valence-corrected chi connectivity index (χ3v) is 4.51. The van der Waals surface area contributed by atoms with Crippen LogP contribution < -0.4 is 14.8 Å². The van der Waals surface area contributed by atoms with E-state index >= 15 is 0 Å². The summed E-state index contributed by atoms with van der Waals surface area (Å²) in [5.74, 6) is 1.67. The minimum absolute atomic E-state index is 0.104. The number of amides is 1. The van der Waals surface area contributed by atoms with Crippen LogP contribution in [0.2, 0.25) is 0 Å². The minimum atomic E-state index is -0.166. The van der Waals surface area contributed by atoms with E-state index in [1.807, 2.05) is 43.4 Å². The minimum Gasteiger partial charge on any atom is -0.497 e. The van der Waals surface area contributed by atoms with Crippen molar-refractivity contribution in [3.05, 3.63) is 59.7 Å². The van der Waals surface area contributed by atoms with Gasteiger partial charge in [-0.25, -0.2) is 0 Å². The molecule has 1 amide bonds. The predicted molar refractivity (Wildman–Crippen MR) is 96.9 cm³/mol. The van der Waals surface area contributed by atoms with E-state index < -0.39 is 0 Å². The molecule has 5 heteroatoms. The van der Waals surface area contributed by atoms with E-state index in [0.717, 1.165) is 24.5 Å². The molecule has 1 N–H and O–H groups in total. The number of likely N-dealkylation sites (N-methyl/N-ethyl adjacent to an activating group) is 1. The van der Waals surface area contributed by atoms with Gasteiger partial charge in [-0.15, -0.1) is 0 Å². The largest absolute Gasteiger partial charge is 0.497 e. The van der Waals surface area contributed by atoms with Crippen LogP contribution in [0.15, 0.2) is 48.5 Å². The molecular formula is C20H24N2O3. The molecule has 0 bridgehead atoms. The van der Waals surface area contributed by atoms with Crippen LogP contribution in [-0.2, 0) is 17.8 Å². The second kappa shape index (κ2) is 8.03. The van der Waals surface area contributed by atoms with Crippen LogP contribution in [-0.4, -0.2) is 44.2 Å². The molecule has 1 unspecified atom stereocenters. The van der Waals surface area contributed by atoms with Gasteiger partial charge in [-0.05, 0) is 41.8 Å². The highest BCUT2D eigenvalue weighted by atomic mass is 16.5. The zero-order chi connectivity index (χ0) is 17.6. The van der Waals surface area contributed by atoms with Crippen molar-refractivity contribution >= 4 is 5.91 Å². The normalized spacial score (nSPS) is 16.0.